The summed E-state index contributed by atoms with van der Waals surface area (Å²) < 4.78 is 14.6. The maximum Gasteiger partial charge on any atom is 0.217 e. The lowest BCUT2D eigenvalue weighted by molar-refractivity contribution is -0.690. The van der Waals surface area contributed by atoms with Gasteiger partial charge in [-0.05, 0) is 72.8 Å². The molecule has 6 bridgehead atoms. The van der Waals surface area contributed by atoms with E-state index in [1.54, 1.807) is 0 Å². The van der Waals surface area contributed by atoms with Crippen LogP contribution in [0, 0.1) is 0 Å². The lowest BCUT2D eigenvalue weighted by Crippen LogP contribution is -2.44. The topological polar surface area (TPSA) is 50.1 Å². The zero-order valence-corrected chi connectivity index (χ0v) is 42.5. The molecule has 0 spiro atoms. The first-order valence-corrected chi connectivity index (χ1v) is 26.5. The zero-order chi connectivity index (χ0) is 51.1. The average Bonchev–Trinajstić information content (AvgIpc) is 4.37. The van der Waals surface area contributed by atoms with E-state index in [4.69, 9.17) is 9.98 Å². The first-order valence-electron chi connectivity index (χ1n) is 26.5. The van der Waals surface area contributed by atoms with Crippen LogP contribution in [0.25, 0.3) is 22.3 Å². The summed E-state index contributed by atoms with van der Waals surface area (Å²) in [6.45, 7) is 3.23. The molecule has 0 fully saturated rings. The van der Waals surface area contributed by atoms with Crippen LogP contribution >= 0.6 is 0 Å². The summed E-state index contributed by atoms with van der Waals surface area (Å²) in [7, 11) is 0. The number of benzene rings is 4. The summed E-state index contributed by atoms with van der Waals surface area (Å²) in [5, 5.41) is 2.11. The standard InChI is InChI=1S/C69H54N8/c1-5-21-50(22-6-1)45-72-41-17-13-29-58(72)66-54-33-34-55(70-54)67(59-30-14-18-42-73(59)46-51-23-7-2-8-24-51)64-39-40-65-69(61-32-16-20-44-75(61)48-53-27-11-4-12-28-53)57-36-35-56(71-57)68(63-38-37-62(66)76(63)49-77(64)65)60-31-15-19-43-74(60)47-52-25-9-3-10-26-52/h1-44H,45-49H2/q+4/b66-54-,66-62?,67-55?,67-64+,68-56-,68-63?,69-57?,69-65+. The molecule has 4 aliphatic heterocycles. The van der Waals surface area contributed by atoms with Crippen molar-refractivity contribution >= 4 is 33.7 Å². The molecule has 10 aromatic rings. The van der Waals surface area contributed by atoms with Crippen LogP contribution in [0.5, 0.6) is 0 Å². The Balaban J connectivity index is 1.12. The van der Waals surface area contributed by atoms with E-state index in [9.17, 15) is 0 Å². The van der Waals surface area contributed by atoms with Gasteiger partial charge < -0.3 is 9.13 Å². The second-order valence-electron chi connectivity index (χ2n) is 19.9. The van der Waals surface area contributed by atoms with Crippen molar-refractivity contribution in [1.29, 1.82) is 0 Å². The quantitative estimate of drug-likeness (QED) is 0.110. The second kappa shape index (κ2) is 19.7. The number of fused-ring (bicyclic) bond motifs is 2. The molecule has 0 aliphatic carbocycles. The predicted octanol–water partition coefficient (Wildman–Crippen LogP) is 9.10. The Kier molecular flexibility index (Phi) is 11.7. The van der Waals surface area contributed by atoms with Gasteiger partial charge in [-0.1, -0.05) is 121 Å². The minimum Gasteiger partial charge on any atom is -0.321 e. The van der Waals surface area contributed by atoms with Crippen LogP contribution in [0.4, 0.5) is 0 Å². The highest BCUT2D eigenvalue weighted by Crippen LogP contribution is 2.38. The molecule has 0 saturated carbocycles. The minimum atomic E-state index is 0.477. The maximum atomic E-state index is 5.81. The van der Waals surface area contributed by atoms with E-state index in [1.807, 2.05) is 0 Å². The van der Waals surface area contributed by atoms with Crippen LogP contribution in [0.15, 0.2) is 289 Å². The van der Waals surface area contributed by atoms with Crippen LogP contribution < -0.4 is 29.0 Å². The predicted molar refractivity (Wildman–Crippen MR) is 302 cm³/mol. The molecule has 4 aromatic carbocycles. The van der Waals surface area contributed by atoms with Gasteiger partial charge in [-0.25, -0.2) is 9.98 Å². The van der Waals surface area contributed by atoms with Gasteiger partial charge in [0, 0.05) is 70.8 Å². The Labute approximate surface area is 447 Å². The van der Waals surface area contributed by atoms with Gasteiger partial charge in [0.1, 0.15) is 6.67 Å². The van der Waals surface area contributed by atoms with E-state index in [0.29, 0.717) is 32.8 Å². The van der Waals surface area contributed by atoms with E-state index in [2.05, 4.69) is 295 Å². The lowest BCUT2D eigenvalue weighted by atomic mass is 10.0. The Morgan fingerprint density at radius 2 is 0.610 bits per heavy atom. The third-order valence-electron chi connectivity index (χ3n) is 15.1. The van der Waals surface area contributed by atoms with Gasteiger partial charge in [-0.3, -0.25) is 0 Å². The van der Waals surface area contributed by atoms with Gasteiger partial charge in [0.2, 0.25) is 22.8 Å². The van der Waals surface area contributed by atoms with Crippen molar-refractivity contribution in [3.63, 3.8) is 0 Å². The van der Waals surface area contributed by atoms with Gasteiger partial charge in [0.05, 0.1) is 67.2 Å². The molecule has 0 atom stereocenters. The Hall–Kier alpha value is -9.92. The van der Waals surface area contributed by atoms with Crippen LogP contribution in [0.2, 0.25) is 0 Å². The number of aliphatic imine (C=N–C) groups is 2. The number of hydrogen-bond acceptors (Lipinski definition) is 2. The Morgan fingerprint density at radius 3 is 0.948 bits per heavy atom. The molecule has 6 aromatic heterocycles. The van der Waals surface area contributed by atoms with Gasteiger partial charge in [-0.2, -0.15) is 18.3 Å². The van der Waals surface area contributed by atoms with Gasteiger partial charge in [0.25, 0.3) is 0 Å². The third kappa shape index (κ3) is 8.56. The molecule has 8 heteroatoms. The second-order valence-corrected chi connectivity index (χ2v) is 19.9. The molecular weight excluding hydrogens is 941 g/mol. The maximum absolute atomic E-state index is 5.81. The molecular formula is C69H54N8+4. The summed E-state index contributed by atoms with van der Waals surface area (Å²) in [6.07, 6.45) is 17.8. The fourth-order valence-corrected chi connectivity index (χ4v) is 11.6. The van der Waals surface area contributed by atoms with Gasteiger partial charge in [-0.15, -0.1) is 0 Å². The molecule has 10 heterocycles. The van der Waals surface area contributed by atoms with Crippen molar-refractivity contribution in [3.05, 3.63) is 346 Å². The van der Waals surface area contributed by atoms with E-state index >= 15 is 0 Å². The summed E-state index contributed by atoms with van der Waals surface area (Å²) in [6, 6.07) is 78.4. The normalized spacial score (nSPS) is 17.6. The highest BCUT2D eigenvalue weighted by atomic mass is 15.2. The van der Waals surface area contributed by atoms with Crippen molar-refractivity contribution in [2.75, 3.05) is 0 Å². The Morgan fingerprint density at radius 1 is 0.299 bits per heavy atom. The number of aromatic nitrogens is 6. The molecule has 0 N–H and O–H groups in total. The van der Waals surface area contributed by atoms with Crippen molar-refractivity contribution in [2.45, 2.75) is 32.8 Å². The molecule has 0 radical (unpaired) electrons. The molecule has 4 aliphatic rings. The summed E-state index contributed by atoms with van der Waals surface area (Å²) in [4.78, 5) is 11.6. The zero-order valence-electron chi connectivity index (χ0n) is 42.5. The fraction of sp³-hybridized carbons (Fsp3) is 0.0725. The van der Waals surface area contributed by atoms with E-state index in [0.717, 1.165) is 90.0 Å². The number of rotatable bonds is 12. The minimum absolute atomic E-state index is 0.477. The molecule has 14 rings (SSSR count). The summed E-state index contributed by atoms with van der Waals surface area (Å²) >= 11 is 0. The van der Waals surface area contributed by atoms with Crippen molar-refractivity contribution in [1.82, 2.24) is 9.13 Å². The van der Waals surface area contributed by atoms with Crippen LogP contribution in [0.3, 0.4) is 0 Å². The van der Waals surface area contributed by atoms with Gasteiger partial charge >= 0.3 is 0 Å². The number of hydrogen-bond donors (Lipinski definition) is 0. The first kappa shape index (κ1) is 45.7. The molecule has 8 nitrogen and oxygen atoms in total. The van der Waals surface area contributed by atoms with Crippen LogP contribution in [0.1, 0.15) is 56.4 Å². The smallest absolute Gasteiger partial charge is 0.217 e. The summed E-state index contributed by atoms with van der Waals surface area (Å²) in [5.74, 6) is 0. The fourth-order valence-electron chi connectivity index (χ4n) is 11.6. The largest absolute Gasteiger partial charge is 0.321 e. The Bertz CT molecular complexity index is 4000. The molecule has 77 heavy (non-hydrogen) atoms. The van der Waals surface area contributed by atoms with E-state index < -0.39 is 0 Å². The van der Waals surface area contributed by atoms with E-state index in [-0.39, 0.29) is 0 Å². The monoisotopic (exact) mass is 994 g/mol. The van der Waals surface area contributed by atoms with Crippen molar-refractivity contribution in [2.24, 2.45) is 9.98 Å². The number of pyridine rings is 4. The molecule has 366 valence electrons. The molecule has 0 amide bonds. The number of allylic oxidation sites excluding steroid dienone is 4. The lowest BCUT2D eigenvalue weighted by Gasteiger charge is -2.21. The summed E-state index contributed by atoms with van der Waals surface area (Å²) in [5.41, 5.74) is 19.1. The SMILES string of the molecule is C1=C/C2=C(\c3cccc[n+]3Cc3ccccc3)c3ccc4n3Cn3/c(cc/c3=C(\c3cccc[n+]3Cc3ccccc3)C3=N/C(=C\4c4cccc[n+]4Cc4ccccc4)C=C3)=C(/c3cccc[n+]3Cc3ccccc3)C1=N2. The van der Waals surface area contributed by atoms with Gasteiger partial charge in [0.15, 0.2) is 51.0 Å². The van der Waals surface area contributed by atoms with E-state index in [1.165, 1.54) is 22.3 Å². The molecule has 0 saturated heterocycles. The average molecular weight is 995 g/mol. The van der Waals surface area contributed by atoms with Crippen molar-refractivity contribution in [3.8, 4) is 0 Å². The first-order chi connectivity index (χ1) is 38.2. The van der Waals surface area contributed by atoms with Crippen molar-refractivity contribution < 1.29 is 18.3 Å². The third-order valence-corrected chi connectivity index (χ3v) is 15.1. The highest BCUT2D eigenvalue weighted by molar-refractivity contribution is 6.31. The van der Waals surface area contributed by atoms with Crippen LogP contribution in [-0.2, 0) is 32.8 Å². The van der Waals surface area contributed by atoms with Crippen LogP contribution in [-0.4, -0.2) is 20.6 Å². The molecule has 0 unspecified atom stereocenters. The highest BCUT2D eigenvalue weighted by Gasteiger charge is 2.35. The number of nitrogens with zero attached hydrogens (tertiary/aromatic N) is 8.